The lowest BCUT2D eigenvalue weighted by Gasteiger charge is -2.32. The highest BCUT2D eigenvalue weighted by Gasteiger charge is 2.64. The first-order valence-electron chi connectivity index (χ1n) is 6.69. The molecule has 3 rings (SSSR count). The van der Waals surface area contributed by atoms with Crippen molar-refractivity contribution in [1.29, 1.82) is 0 Å². The standard InChI is InChI=1S/C14H12F4N2O2/c15-10-5-3-8(4-6-10)11-7-13(22,14(16,17)18)20(19-11)12(21)9-1-2-9/h3-6,9,22H,1-2,7H2/t13-/m1/s1. The number of benzene rings is 1. The van der Waals surface area contributed by atoms with Gasteiger partial charge in [-0.2, -0.15) is 23.3 Å². The first-order valence-corrected chi connectivity index (χ1v) is 6.69. The van der Waals surface area contributed by atoms with E-state index in [1.807, 2.05) is 0 Å². The summed E-state index contributed by atoms with van der Waals surface area (Å²) in [4.78, 5) is 12.0. The Balaban J connectivity index is 1.98. The van der Waals surface area contributed by atoms with Gasteiger partial charge in [-0.25, -0.2) is 4.39 Å². The minimum Gasteiger partial charge on any atom is -0.362 e. The first-order chi connectivity index (χ1) is 10.2. The Bertz CT molecular complexity index is 637. The van der Waals surface area contributed by atoms with Crippen LogP contribution in [0.15, 0.2) is 29.4 Å². The number of halogens is 4. The number of aliphatic hydroxyl groups is 1. The second-order valence-corrected chi connectivity index (χ2v) is 5.47. The van der Waals surface area contributed by atoms with E-state index in [4.69, 9.17) is 0 Å². The van der Waals surface area contributed by atoms with E-state index in [2.05, 4.69) is 5.10 Å². The van der Waals surface area contributed by atoms with E-state index >= 15 is 0 Å². The van der Waals surface area contributed by atoms with Gasteiger partial charge in [0.2, 0.25) is 5.91 Å². The van der Waals surface area contributed by atoms with Crippen molar-refractivity contribution in [3.63, 3.8) is 0 Å². The Morgan fingerprint density at radius 2 is 1.86 bits per heavy atom. The zero-order valence-corrected chi connectivity index (χ0v) is 11.3. The van der Waals surface area contributed by atoms with Gasteiger partial charge in [-0.3, -0.25) is 4.79 Å². The largest absolute Gasteiger partial charge is 0.438 e. The summed E-state index contributed by atoms with van der Waals surface area (Å²) >= 11 is 0. The van der Waals surface area contributed by atoms with Crippen molar-refractivity contribution in [2.45, 2.75) is 31.2 Å². The second-order valence-electron chi connectivity index (χ2n) is 5.47. The Hall–Kier alpha value is -1.96. The highest BCUT2D eigenvalue weighted by Crippen LogP contribution is 2.44. The van der Waals surface area contributed by atoms with Gasteiger partial charge in [-0.1, -0.05) is 12.1 Å². The van der Waals surface area contributed by atoms with Crippen LogP contribution in [0.25, 0.3) is 0 Å². The predicted octanol–water partition coefficient (Wildman–Crippen LogP) is 2.42. The van der Waals surface area contributed by atoms with E-state index in [0.717, 1.165) is 12.1 Å². The van der Waals surface area contributed by atoms with Crippen LogP contribution < -0.4 is 0 Å². The normalized spacial score (nSPS) is 25.3. The molecular weight excluding hydrogens is 304 g/mol. The molecular formula is C14H12F4N2O2. The van der Waals surface area contributed by atoms with Crippen molar-refractivity contribution >= 4 is 11.6 Å². The number of carbonyl (C=O) groups excluding carboxylic acids is 1. The van der Waals surface area contributed by atoms with Crippen molar-refractivity contribution in [3.8, 4) is 0 Å². The van der Waals surface area contributed by atoms with Gasteiger partial charge in [0.25, 0.3) is 5.72 Å². The highest BCUT2D eigenvalue weighted by molar-refractivity contribution is 6.03. The minimum absolute atomic E-state index is 0.103. The van der Waals surface area contributed by atoms with Crippen molar-refractivity contribution < 1.29 is 27.5 Å². The average molecular weight is 316 g/mol. The molecule has 8 heteroatoms. The van der Waals surface area contributed by atoms with E-state index in [1.54, 1.807) is 0 Å². The van der Waals surface area contributed by atoms with Gasteiger partial charge in [0.05, 0.1) is 12.1 Å². The molecule has 0 unspecified atom stereocenters. The Labute approximate surface area is 123 Å². The summed E-state index contributed by atoms with van der Waals surface area (Å²) in [6.45, 7) is 0. The van der Waals surface area contributed by atoms with Gasteiger partial charge in [0.15, 0.2) is 0 Å². The van der Waals surface area contributed by atoms with Crippen LogP contribution in [-0.2, 0) is 4.79 Å². The van der Waals surface area contributed by atoms with Crippen LogP contribution in [0.2, 0.25) is 0 Å². The SMILES string of the molecule is O=C(C1CC1)N1N=C(c2ccc(F)cc2)C[C@@]1(O)C(F)(F)F. The first kappa shape index (κ1) is 15.0. The number of alkyl halides is 3. The van der Waals surface area contributed by atoms with Gasteiger partial charge < -0.3 is 5.11 Å². The van der Waals surface area contributed by atoms with Gasteiger partial charge in [0, 0.05) is 5.92 Å². The quantitative estimate of drug-likeness (QED) is 0.852. The molecule has 118 valence electrons. The number of hydrogen-bond acceptors (Lipinski definition) is 3. The van der Waals surface area contributed by atoms with Crippen LogP contribution >= 0.6 is 0 Å². The molecule has 1 saturated carbocycles. The lowest BCUT2D eigenvalue weighted by Crippen LogP contribution is -2.57. The van der Waals surface area contributed by atoms with Gasteiger partial charge >= 0.3 is 6.18 Å². The molecule has 1 atom stereocenters. The maximum Gasteiger partial charge on any atom is 0.438 e. The molecule has 0 bridgehead atoms. The van der Waals surface area contributed by atoms with Crippen LogP contribution in [0.1, 0.15) is 24.8 Å². The van der Waals surface area contributed by atoms with Crippen LogP contribution in [0.3, 0.4) is 0 Å². The Kier molecular flexibility index (Phi) is 3.24. The summed E-state index contributed by atoms with van der Waals surface area (Å²) < 4.78 is 52.5. The van der Waals surface area contributed by atoms with Crippen molar-refractivity contribution in [1.82, 2.24) is 5.01 Å². The number of carbonyl (C=O) groups is 1. The molecule has 1 amide bonds. The number of amides is 1. The highest BCUT2D eigenvalue weighted by atomic mass is 19.4. The lowest BCUT2D eigenvalue weighted by atomic mass is 10.0. The molecule has 1 aliphatic heterocycles. The van der Waals surface area contributed by atoms with Gasteiger partial charge in [0.1, 0.15) is 5.82 Å². The average Bonchev–Trinajstić information content (AvgIpc) is 3.21. The summed E-state index contributed by atoms with van der Waals surface area (Å²) in [6, 6.07) is 4.68. The maximum atomic E-state index is 13.2. The second kappa shape index (κ2) is 4.77. The fourth-order valence-electron chi connectivity index (χ4n) is 2.30. The molecule has 2 aliphatic rings. The summed E-state index contributed by atoms with van der Waals surface area (Å²) in [5, 5.41) is 13.8. The van der Waals surface area contributed by atoms with E-state index in [1.165, 1.54) is 12.1 Å². The van der Waals surface area contributed by atoms with E-state index in [0.29, 0.717) is 12.8 Å². The Morgan fingerprint density at radius 3 is 2.36 bits per heavy atom. The smallest absolute Gasteiger partial charge is 0.362 e. The molecule has 1 aromatic rings. The number of hydrazone groups is 1. The molecule has 1 aliphatic carbocycles. The van der Waals surface area contributed by atoms with Crippen molar-refractivity contribution in [2.75, 3.05) is 0 Å². The molecule has 1 heterocycles. The van der Waals surface area contributed by atoms with Crippen molar-refractivity contribution in [3.05, 3.63) is 35.6 Å². The number of nitrogens with zero attached hydrogens (tertiary/aromatic N) is 2. The van der Waals surface area contributed by atoms with Crippen LogP contribution in [0.4, 0.5) is 17.6 Å². The molecule has 0 radical (unpaired) electrons. The van der Waals surface area contributed by atoms with Gasteiger partial charge in [-0.05, 0) is 30.5 Å². The topological polar surface area (TPSA) is 52.9 Å². The molecule has 0 spiro atoms. The molecule has 1 aromatic carbocycles. The predicted molar refractivity (Wildman–Crippen MR) is 68.1 cm³/mol. The molecule has 0 aromatic heterocycles. The molecule has 1 fully saturated rings. The third kappa shape index (κ3) is 2.37. The zero-order chi connectivity index (χ0) is 16.1. The van der Waals surface area contributed by atoms with Crippen LogP contribution in [0, 0.1) is 11.7 Å². The van der Waals surface area contributed by atoms with Gasteiger partial charge in [-0.15, -0.1) is 0 Å². The van der Waals surface area contributed by atoms with Crippen LogP contribution in [-0.4, -0.2) is 33.6 Å². The molecule has 4 nitrogen and oxygen atoms in total. The van der Waals surface area contributed by atoms with E-state index in [9.17, 15) is 27.5 Å². The van der Waals surface area contributed by atoms with Crippen molar-refractivity contribution in [2.24, 2.45) is 11.0 Å². The fraction of sp³-hybridized carbons (Fsp3) is 0.429. The number of hydrogen-bond donors (Lipinski definition) is 1. The monoisotopic (exact) mass is 316 g/mol. The lowest BCUT2D eigenvalue weighted by molar-refractivity contribution is -0.302. The maximum absolute atomic E-state index is 13.2. The third-order valence-corrected chi connectivity index (χ3v) is 3.75. The van der Waals surface area contributed by atoms with Crippen LogP contribution in [0.5, 0.6) is 0 Å². The third-order valence-electron chi connectivity index (χ3n) is 3.75. The summed E-state index contributed by atoms with van der Waals surface area (Å²) in [5.41, 5.74) is -3.22. The fourth-order valence-corrected chi connectivity index (χ4v) is 2.30. The Morgan fingerprint density at radius 1 is 1.27 bits per heavy atom. The minimum atomic E-state index is -5.04. The number of rotatable bonds is 2. The van der Waals surface area contributed by atoms with E-state index in [-0.39, 0.29) is 16.3 Å². The molecule has 22 heavy (non-hydrogen) atoms. The molecule has 1 N–H and O–H groups in total. The summed E-state index contributed by atoms with van der Waals surface area (Å²) in [7, 11) is 0. The summed E-state index contributed by atoms with van der Waals surface area (Å²) in [5.74, 6) is -1.90. The van der Waals surface area contributed by atoms with E-state index < -0.39 is 36.0 Å². The zero-order valence-electron chi connectivity index (χ0n) is 11.3. The molecule has 0 saturated heterocycles. The summed E-state index contributed by atoms with van der Waals surface area (Å²) in [6.07, 6.45) is -4.93.